The highest BCUT2D eigenvalue weighted by Crippen LogP contribution is 2.31. The second-order valence-electron chi connectivity index (χ2n) is 4.95. The van der Waals surface area contributed by atoms with Gasteiger partial charge >= 0.3 is 0 Å². The molecule has 2 aliphatic rings. The summed E-state index contributed by atoms with van der Waals surface area (Å²) in [5.74, 6) is 1.000. The van der Waals surface area contributed by atoms with Crippen LogP contribution in [0.2, 0.25) is 5.02 Å². The lowest BCUT2D eigenvalue weighted by Crippen LogP contribution is -2.57. The molecule has 1 atom stereocenters. The SMILES string of the molecule is CN(CC1Cc2cc(Cl)ccc2O1)C1CNC1. The normalized spacial score (nSPS) is 23.4. The van der Waals surface area contributed by atoms with Crippen molar-refractivity contribution in [3.63, 3.8) is 0 Å². The van der Waals surface area contributed by atoms with Gasteiger partial charge in [-0.25, -0.2) is 0 Å². The molecule has 1 unspecified atom stereocenters. The number of likely N-dealkylation sites (N-methyl/N-ethyl adjacent to an activating group) is 1. The van der Waals surface area contributed by atoms with Gasteiger partial charge in [0.15, 0.2) is 0 Å². The molecule has 0 aliphatic carbocycles. The van der Waals surface area contributed by atoms with Gasteiger partial charge in [-0.2, -0.15) is 0 Å². The van der Waals surface area contributed by atoms with E-state index >= 15 is 0 Å². The van der Waals surface area contributed by atoms with E-state index in [1.807, 2.05) is 18.2 Å². The number of hydrogen-bond donors (Lipinski definition) is 1. The van der Waals surface area contributed by atoms with Crippen molar-refractivity contribution in [1.82, 2.24) is 10.2 Å². The largest absolute Gasteiger partial charge is 0.488 e. The average molecular weight is 253 g/mol. The van der Waals surface area contributed by atoms with E-state index in [0.29, 0.717) is 6.04 Å². The third-order valence-electron chi connectivity index (χ3n) is 3.64. The van der Waals surface area contributed by atoms with Gasteiger partial charge in [0, 0.05) is 37.1 Å². The van der Waals surface area contributed by atoms with E-state index in [9.17, 15) is 0 Å². The number of rotatable bonds is 3. The van der Waals surface area contributed by atoms with Gasteiger partial charge in [0.05, 0.1) is 0 Å². The van der Waals surface area contributed by atoms with Crippen molar-refractivity contribution in [2.45, 2.75) is 18.6 Å². The quantitative estimate of drug-likeness (QED) is 0.884. The number of ether oxygens (including phenoxy) is 1. The van der Waals surface area contributed by atoms with Gasteiger partial charge in [0.25, 0.3) is 0 Å². The second-order valence-corrected chi connectivity index (χ2v) is 5.38. The first kappa shape index (κ1) is 11.3. The lowest BCUT2D eigenvalue weighted by atomic mass is 10.1. The molecule has 0 bridgehead atoms. The van der Waals surface area contributed by atoms with Crippen molar-refractivity contribution in [2.75, 3.05) is 26.7 Å². The van der Waals surface area contributed by atoms with E-state index < -0.39 is 0 Å². The molecule has 1 N–H and O–H groups in total. The summed E-state index contributed by atoms with van der Waals surface area (Å²) in [6, 6.07) is 6.55. The Hall–Kier alpha value is -0.770. The van der Waals surface area contributed by atoms with Crippen molar-refractivity contribution in [3.8, 4) is 5.75 Å². The van der Waals surface area contributed by atoms with Crippen LogP contribution in [0.25, 0.3) is 0 Å². The summed E-state index contributed by atoms with van der Waals surface area (Å²) in [4.78, 5) is 2.38. The van der Waals surface area contributed by atoms with E-state index in [2.05, 4.69) is 17.3 Å². The molecule has 2 heterocycles. The van der Waals surface area contributed by atoms with Crippen LogP contribution in [0, 0.1) is 0 Å². The maximum Gasteiger partial charge on any atom is 0.123 e. The van der Waals surface area contributed by atoms with Crippen molar-refractivity contribution >= 4 is 11.6 Å². The predicted molar refractivity (Wildman–Crippen MR) is 68.9 cm³/mol. The number of fused-ring (bicyclic) bond motifs is 1. The Bertz CT molecular complexity index is 420. The van der Waals surface area contributed by atoms with Crippen LogP contribution in [0.1, 0.15) is 5.56 Å². The molecule has 3 rings (SSSR count). The van der Waals surface area contributed by atoms with Gasteiger partial charge in [-0.1, -0.05) is 11.6 Å². The van der Waals surface area contributed by atoms with Crippen LogP contribution in [0.4, 0.5) is 0 Å². The Morgan fingerprint density at radius 3 is 3.00 bits per heavy atom. The molecule has 1 aromatic carbocycles. The molecule has 0 radical (unpaired) electrons. The fraction of sp³-hybridized carbons (Fsp3) is 0.538. The first-order chi connectivity index (χ1) is 8.22. The minimum absolute atomic E-state index is 0.272. The Balaban J connectivity index is 1.61. The fourth-order valence-electron chi connectivity index (χ4n) is 2.45. The third kappa shape index (κ3) is 2.28. The van der Waals surface area contributed by atoms with Crippen LogP contribution >= 0.6 is 11.6 Å². The first-order valence-electron chi connectivity index (χ1n) is 6.08. The van der Waals surface area contributed by atoms with Gasteiger partial charge in [0.1, 0.15) is 11.9 Å². The van der Waals surface area contributed by atoms with Crippen molar-refractivity contribution in [1.29, 1.82) is 0 Å². The van der Waals surface area contributed by atoms with Gasteiger partial charge < -0.3 is 10.1 Å². The van der Waals surface area contributed by atoms with Crippen LogP contribution in [0.3, 0.4) is 0 Å². The van der Waals surface area contributed by atoms with E-state index in [1.54, 1.807) is 0 Å². The van der Waals surface area contributed by atoms with Crippen LogP contribution < -0.4 is 10.1 Å². The van der Waals surface area contributed by atoms with Crippen LogP contribution in [-0.4, -0.2) is 43.7 Å². The molecule has 3 nitrogen and oxygen atoms in total. The molecule has 1 aromatic rings. The van der Waals surface area contributed by atoms with Crippen LogP contribution in [-0.2, 0) is 6.42 Å². The topological polar surface area (TPSA) is 24.5 Å². The molecule has 0 saturated carbocycles. The van der Waals surface area contributed by atoms with E-state index in [4.69, 9.17) is 16.3 Å². The predicted octanol–water partition coefficient (Wildman–Crippen LogP) is 1.55. The molecule has 92 valence electrons. The molecule has 2 aliphatic heterocycles. The molecule has 0 amide bonds. The average Bonchev–Trinajstić information content (AvgIpc) is 2.55. The van der Waals surface area contributed by atoms with E-state index in [0.717, 1.165) is 36.8 Å². The molecule has 1 saturated heterocycles. The summed E-state index contributed by atoms with van der Waals surface area (Å²) in [5.41, 5.74) is 1.24. The molecule has 17 heavy (non-hydrogen) atoms. The standard InChI is InChI=1S/C13H17ClN2O/c1-16(11-6-15-7-11)8-12-5-9-4-10(14)2-3-13(9)17-12/h2-4,11-12,15H,5-8H2,1H3. The number of halogens is 1. The molecule has 4 heteroatoms. The van der Waals surface area contributed by atoms with Crippen molar-refractivity contribution in [2.24, 2.45) is 0 Å². The Kier molecular flexibility index (Phi) is 2.99. The molecular weight excluding hydrogens is 236 g/mol. The number of benzene rings is 1. The molecule has 0 aromatic heterocycles. The van der Waals surface area contributed by atoms with Gasteiger partial charge in [-0.3, -0.25) is 4.90 Å². The number of hydrogen-bond acceptors (Lipinski definition) is 3. The lowest BCUT2D eigenvalue weighted by Gasteiger charge is -2.36. The van der Waals surface area contributed by atoms with Gasteiger partial charge in [-0.15, -0.1) is 0 Å². The van der Waals surface area contributed by atoms with Crippen LogP contribution in [0.15, 0.2) is 18.2 Å². The highest BCUT2D eigenvalue weighted by atomic mass is 35.5. The van der Waals surface area contributed by atoms with E-state index in [-0.39, 0.29) is 6.10 Å². The van der Waals surface area contributed by atoms with Crippen molar-refractivity contribution < 1.29 is 4.74 Å². The summed E-state index contributed by atoms with van der Waals surface area (Å²) < 4.78 is 5.93. The summed E-state index contributed by atoms with van der Waals surface area (Å²) in [5, 5.41) is 4.09. The summed E-state index contributed by atoms with van der Waals surface area (Å²) >= 11 is 5.98. The summed E-state index contributed by atoms with van der Waals surface area (Å²) in [6.07, 6.45) is 1.24. The first-order valence-corrected chi connectivity index (χ1v) is 6.46. The minimum Gasteiger partial charge on any atom is -0.488 e. The van der Waals surface area contributed by atoms with Gasteiger partial charge in [-0.05, 0) is 30.8 Å². The van der Waals surface area contributed by atoms with Crippen molar-refractivity contribution in [3.05, 3.63) is 28.8 Å². The van der Waals surface area contributed by atoms with E-state index in [1.165, 1.54) is 5.56 Å². The third-order valence-corrected chi connectivity index (χ3v) is 3.87. The Morgan fingerprint density at radius 2 is 2.29 bits per heavy atom. The zero-order valence-corrected chi connectivity index (χ0v) is 10.7. The maximum atomic E-state index is 5.98. The number of nitrogens with one attached hydrogen (secondary N) is 1. The lowest BCUT2D eigenvalue weighted by molar-refractivity contribution is 0.113. The molecule has 1 fully saturated rings. The zero-order valence-electron chi connectivity index (χ0n) is 9.95. The highest BCUT2D eigenvalue weighted by molar-refractivity contribution is 6.30. The fourth-order valence-corrected chi connectivity index (χ4v) is 2.64. The Morgan fingerprint density at radius 1 is 1.47 bits per heavy atom. The second kappa shape index (κ2) is 4.48. The monoisotopic (exact) mass is 252 g/mol. The highest BCUT2D eigenvalue weighted by Gasteiger charge is 2.28. The van der Waals surface area contributed by atoms with Crippen LogP contribution in [0.5, 0.6) is 5.75 Å². The zero-order chi connectivity index (χ0) is 11.8. The smallest absolute Gasteiger partial charge is 0.123 e. The molecule has 0 spiro atoms. The summed E-state index contributed by atoms with van der Waals surface area (Å²) in [6.45, 7) is 3.18. The van der Waals surface area contributed by atoms with Gasteiger partial charge in [0.2, 0.25) is 0 Å². The maximum absolute atomic E-state index is 5.98. The summed E-state index contributed by atoms with van der Waals surface area (Å²) in [7, 11) is 2.17. The number of nitrogens with zero attached hydrogens (tertiary/aromatic N) is 1. The molecular formula is C13H17ClN2O. The Labute approximate surface area is 107 Å². The minimum atomic E-state index is 0.272.